The first kappa shape index (κ1) is 20.2. The molecule has 6 nitrogen and oxygen atoms in total. The maximum Gasteiger partial charge on any atom is 0.307 e. The van der Waals surface area contributed by atoms with Crippen molar-refractivity contribution in [3.8, 4) is 0 Å². The Morgan fingerprint density at radius 3 is 2.33 bits per heavy atom. The van der Waals surface area contributed by atoms with Gasteiger partial charge in [0.15, 0.2) is 0 Å². The van der Waals surface area contributed by atoms with E-state index in [0.717, 1.165) is 12.0 Å². The third kappa shape index (κ3) is 6.93. The van der Waals surface area contributed by atoms with Gasteiger partial charge in [0.1, 0.15) is 6.04 Å². The van der Waals surface area contributed by atoms with Gasteiger partial charge >= 0.3 is 5.97 Å². The molecule has 0 spiro atoms. The Bertz CT molecular complexity index is 790. The van der Waals surface area contributed by atoms with E-state index in [4.69, 9.17) is 5.11 Å². The van der Waals surface area contributed by atoms with Crippen molar-refractivity contribution >= 4 is 23.5 Å². The van der Waals surface area contributed by atoms with Crippen LogP contribution in [0.25, 0.3) is 0 Å². The molecule has 142 valence electrons. The Morgan fingerprint density at radius 2 is 1.67 bits per heavy atom. The van der Waals surface area contributed by atoms with Gasteiger partial charge in [0, 0.05) is 5.69 Å². The summed E-state index contributed by atoms with van der Waals surface area (Å²) < 4.78 is 0. The van der Waals surface area contributed by atoms with E-state index in [1.165, 1.54) is 0 Å². The number of carbonyl (C=O) groups is 3. The second kappa shape index (κ2) is 10.1. The highest BCUT2D eigenvalue weighted by Gasteiger charge is 2.20. The molecule has 3 N–H and O–H groups in total. The smallest absolute Gasteiger partial charge is 0.307 e. The molecule has 0 saturated carbocycles. The molecule has 27 heavy (non-hydrogen) atoms. The van der Waals surface area contributed by atoms with Gasteiger partial charge in [0.25, 0.3) is 0 Å². The Kier molecular flexibility index (Phi) is 7.55. The number of anilines is 1. The lowest BCUT2D eigenvalue weighted by molar-refractivity contribution is -0.136. The van der Waals surface area contributed by atoms with E-state index in [-0.39, 0.29) is 24.7 Å². The molecule has 2 rings (SSSR count). The number of benzene rings is 2. The molecule has 6 heteroatoms. The van der Waals surface area contributed by atoms with E-state index >= 15 is 0 Å². The molecule has 0 aliphatic carbocycles. The van der Waals surface area contributed by atoms with E-state index in [1.807, 2.05) is 37.3 Å². The van der Waals surface area contributed by atoms with Gasteiger partial charge in [-0.05, 0) is 29.7 Å². The monoisotopic (exact) mass is 368 g/mol. The molecule has 1 atom stereocenters. The van der Waals surface area contributed by atoms with Crippen molar-refractivity contribution in [1.82, 2.24) is 5.32 Å². The van der Waals surface area contributed by atoms with Gasteiger partial charge in [0.05, 0.1) is 12.8 Å². The molecule has 0 heterocycles. The average Bonchev–Trinajstić information content (AvgIpc) is 2.62. The van der Waals surface area contributed by atoms with E-state index in [2.05, 4.69) is 10.6 Å². The number of hydrogen-bond donors (Lipinski definition) is 3. The topological polar surface area (TPSA) is 95.5 Å². The van der Waals surface area contributed by atoms with E-state index in [9.17, 15) is 14.4 Å². The molecule has 0 aliphatic heterocycles. The molecular weight excluding hydrogens is 344 g/mol. The SMILES string of the molecule is CCCC(NC(=O)Cc1ccccc1)C(=O)Nc1cccc(CC(=O)O)c1. The van der Waals surface area contributed by atoms with Gasteiger partial charge in [0.2, 0.25) is 11.8 Å². The zero-order chi connectivity index (χ0) is 19.6. The standard InChI is InChI=1S/C21H24N2O4/c1-2-7-18(23-19(24)13-15-8-4-3-5-9-15)21(27)22-17-11-6-10-16(12-17)14-20(25)26/h3-6,8-12,18H,2,7,13-14H2,1H3,(H,22,27)(H,23,24)(H,25,26). The average molecular weight is 368 g/mol. The van der Waals surface area contributed by atoms with Crippen LogP contribution >= 0.6 is 0 Å². The fourth-order valence-corrected chi connectivity index (χ4v) is 2.75. The predicted molar refractivity (Wildman–Crippen MR) is 103 cm³/mol. The summed E-state index contributed by atoms with van der Waals surface area (Å²) in [6.07, 6.45) is 1.35. The van der Waals surface area contributed by atoms with Crippen LogP contribution in [0.4, 0.5) is 5.69 Å². The summed E-state index contributed by atoms with van der Waals surface area (Å²) in [4.78, 5) is 35.7. The number of carboxylic acids is 1. The zero-order valence-electron chi connectivity index (χ0n) is 15.3. The second-order valence-corrected chi connectivity index (χ2v) is 6.33. The number of nitrogens with one attached hydrogen (secondary N) is 2. The minimum atomic E-state index is -0.935. The second-order valence-electron chi connectivity index (χ2n) is 6.33. The molecule has 0 saturated heterocycles. The molecule has 2 amide bonds. The first-order valence-corrected chi connectivity index (χ1v) is 8.92. The fourth-order valence-electron chi connectivity index (χ4n) is 2.75. The van der Waals surface area contributed by atoms with Crippen molar-refractivity contribution in [2.75, 3.05) is 5.32 Å². The van der Waals surface area contributed by atoms with E-state index < -0.39 is 12.0 Å². The van der Waals surface area contributed by atoms with Gasteiger partial charge in [-0.2, -0.15) is 0 Å². The Labute approximate surface area is 158 Å². The lowest BCUT2D eigenvalue weighted by Gasteiger charge is -2.18. The van der Waals surface area contributed by atoms with Crippen molar-refractivity contribution in [2.45, 2.75) is 38.6 Å². The number of aliphatic carboxylic acids is 1. The van der Waals surface area contributed by atoms with Gasteiger partial charge in [-0.25, -0.2) is 0 Å². The van der Waals surface area contributed by atoms with Crippen LogP contribution in [0.2, 0.25) is 0 Å². The number of carboxylic acid groups (broad SMARTS) is 1. The van der Waals surface area contributed by atoms with Crippen LogP contribution in [0.15, 0.2) is 54.6 Å². The van der Waals surface area contributed by atoms with Crippen LogP contribution in [0.3, 0.4) is 0 Å². The van der Waals surface area contributed by atoms with Crippen LogP contribution in [0.5, 0.6) is 0 Å². The normalized spacial score (nSPS) is 11.4. The molecule has 1 unspecified atom stereocenters. The van der Waals surface area contributed by atoms with Crippen molar-refractivity contribution in [3.63, 3.8) is 0 Å². The third-order valence-electron chi connectivity index (χ3n) is 3.99. The molecule has 0 radical (unpaired) electrons. The molecule has 2 aromatic rings. The molecular formula is C21H24N2O4. The predicted octanol–water partition coefficient (Wildman–Crippen LogP) is 2.78. The molecule has 0 aromatic heterocycles. The van der Waals surface area contributed by atoms with Gasteiger partial charge in [-0.3, -0.25) is 14.4 Å². The quantitative estimate of drug-likeness (QED) is 0.634. The summed E-state index contributed by atoms with van der Waals surface area (Å²) in [5.41, 5.74) is 1.99. The maximum absolute atomic E-state index is 12.6. The lowest BCUT2D eigenvalue weighted by atomic mass is 10.1. The van der Waals surface area contributed by atoms with Gasteiger partial charge in [-0.1, -0.05) is 55.8 Å². The van der Waals surface area contributed by atoms with Crippen LogP contribution in [-0.4, -0.2) is 28.9 Å². The Morgan fingerprint density at radius 1 is 0.963 bits per heavy atom. The van der Waals surface area contributed by atoms with Crippen molar-refractivity contribution in [1.29, 1.82) is 0 Å². The number of amides is 2. The molecule has 0 fully saturated rings. The van der Waals surface area contributed by atoms with Crippen LogP contribution in [0.1, 0.15) is 30.9 Å². The van der Waals surface area contributed by atoms with Crippen molar-refractivity contribution in [3.05, 3.63) is 65.7 Å². The van der Waals surface area contributed by atoms with Gasteiger partial charge < -0.3 is 15.7 Å². The highest BCUT2D eigenvalue weighted by molar-refractivity contribution is 5.97. The van der Waals surface area contributed by atoms with Crippen LogP contribution in [0, 0.1) is 0 Å². The number of hydrogen-bond acceptors (Lipinski definition) is 3. The zero-order valence-corrected chi connectivity index (χ0v) is 15.3. The largest absolute Gasteiger partial charge is 0.481 e. The Balaban J connectivity index is 1.99. The summed E-state index contributed by atoms with van der Waals surface area (Å²) in [6.45, 7) is 1.94. The van der Waals surface area contributed by atoms with E-state index in [1.54, 1.807) is 24.3 Å². The summed E-state index contributed by atoms with van der Waals surface area (Å²) in [5, 5.41) is 14.4. The molecule has 0 aliphatic rings. The maximum atomic E-state index is 12.6. The number of rotatable bonds is 9. The summed E-state index contributed by atoms with van der Waals surface area (Å²) in [5.74, 6) is -1.46. The minimum Gasteiger partial charge on any atom is -0.481 e. The number of carbonyl (C=O) groups excluding carboxylic acids is 2. The van der Waals surface area contributed by atoms with E-state index in [0.29, 0.717) is 17.7 Å². The van der Waals surface area contributed by atoms with Gasteiger partial charge in [-0.15, -0.1) is 0 Å². The first-order chi connectivity index (χ1) is 13.0. The minimum absolute atomic E-state index is 0.115. The first-order valence-electron chi connectivity index (χ1n) is 8.92. The van der Waals surface area contributed by atoms with Crippen molar-refractivity contribution < 1.29 is 19.5 Å². The van der Waals surface area contributed by atoms with Crippen LogP contribution < -0.4 is 10.6 Å². The summed E-state index contributed by atoms with van der Waals surface area (Å²) in [7, 11) is 0. The lowest BCUT2D eigenvalue weighted by Crippen LogP contribution is -2.44. The summed E-state index contributed by atoms with van der Waals surface area (Å²) >= 11 is 0. The fraction of sp³-hybridized carbons (Fsp3) is 0.286. The summed E-state index contributed by atoms with van der Waals surface area (Å²) in [6, 6.07) is 15.4. The highest BCUT2D eigenvalue weighted by atomic mass is 16.4. The Hall–Kier alpha value is -3.15. The molecule has 0 bridgehead atoms. The van der Waals surface area contributed by atoms with Crippen molar-refractivity contribution in [2.24, 2.45) is 0 Å². The highest BCUT2D eigenvalue weighted by Crippen LogP contribution is 2.13. The third-order valence-corrected chi connectivity index (χ3v) is 3.99. The molecule has 2 aromatic carbocycles. The van der Waals surface area contributed by atoms with Crippen LogP contribution in [-0.2, 0) is 27.2 Å².